The van der Waals surface area contributed by atoms with Crippen molar-refractivity contribution in [1.29, 1.82) is 0 Å². The standard InChI is InChI=1S/C16H33NO5/c1-2-3-4-5-6-7-8-9-10-11-12-17-16(21)22-15(20)14(19)13-18/h14-15,18-20H,2-13H2,1H3,(H,17,21). The summed E-state index contributed by atoms with van der Waals surface area (Å²) >= 11 is 0. The van der Waals surface area contributed by atoms with Crippen molar-refractivity contribution in [1.82, 2.24) is 5.32 Å². The molecule has 4 N–H and O–H groups in total. The number of hydrogen-bond donors (Lipinski definition) is 4. The van der Waals surface area contributed by atoms with E-state index >= 15 is 0 Å². The summed E-state index contributed by atoms with van der Waals surface area (Å²) in [6, 6.07) is 0. The molecule has 0 aliphatic carbocycles. The van der Waals surface area contributed by atoms with Crippen molar-refractivity contribution in [3.63, 3.8) is 0 Å². The Labute approximate surface area is 133 Å². The SMILES string of the molecule is CCCCCCCCCCCCNC(=O)OC(O)C(O)CO. The van der Waals surface area contributed by atoms with Crippen LogP contribution in [-0.4, -0.2) is 47.0 Å². The number of alkyl carbamates (subject to hydrolysis) is 1. The molecule has 2 unspecified atom stereocenters. The minimum Gasteiger partial charge on any atom is -0.417 e. The van der Waals surface area contributed by atoms with Crippen LogP contribution >= 0.6 is 0 Å². The largest absolute Gasteiger partial charge is 0.417 e. The molecule has 0 rings (SSSR count). The second kappa shape index (κ2) is 15.1. The monoisotopic (exact) mass is 319 g/mol. The topological polar surface area (TPSA) is 99.0 Å². The quantitative estimate of drug-likeness (QED) is 0.291. The molecule has 0 radical (unpaired) electrons. The second-order valence-electron chi connectivity index (χ2n) is 5.65. The Hall–Kier alpha value is -0.850. The highest BCUT2D eigenvalue weighted by molar-refractivity contribution is 5.67. The zero-order valence-corrected chi connectivity index (χ0v) is 13.8. The van der Waals surface area contributed by atoms with Gasteiger partial charge in [0.2, 0.25) is 6.29 Å². The van der Waals surface area contributed by atoms with Crippen LogP contribution in [0.25, 0.3) is 0 Å². The van der Waals surface area contributed by atoms with Crippen LogP contribution in [0.1, 0.15) is 71.1 Å². The highest BCUT2D eigenvalue weighted by Gasteiger charge is 2.19. The van der Waals surface area contributed by atoms with Gasteiger partial charge in [-0.2, -0.15) is 0 Å². The molecule has 0 aliphatic heterocycles. The lowest BCUT2D eigenvalue weighted by atomic mass is 10.1. The zero-order valence-electron chi connectivity index (χ0n) is 13.8. The first-order valence-corrected chi connectivity index (χ1v) is 8.53. The number of amides is 1. The lowest BCUT2D eigenvalue weighted by molar-refractivity contribution is -0.137. The van der Waals surface area contributed by atoms with E-state index in [-0.39, 0.29) is 0 Å². The highest BCUT2D eigenvalue weighted by atomic mass is 16.7. The molecule has 0 aromatic rings. The van der Waals surface area contributed by atoms with E-state index in [1.807, 2.05) is 0 Å². The molecule has 0 aliphatic rings. The van der Waals surface area contributed by atoms with Crippen LogP contribution in [0, 0.1) is 0 Å². The average Bonchev–Trinajstić information content (AvgIpc) is 2.51. The van der Waals surface area contributed by atoms with Crippen LogP contribution in [0.2, 0.25) is 0 Å². The minimum absolute atomic E-state index is 0.483. The highest BCUT2D eigenvalue weighted by Crippen LogP contribution is 2.10. The number of unbranched alkanes of at least 4 members (excludes halogenated alkanes) is 9. The molecule has 6 heteroatoms. The van der Waals surface area contributed by atoms with E-state index in [4.69, 9.17) is 10.2 Å². The summed E-state index contributed by atoms with van der Waals surface area (Å²) in [5, 5.41) is 29.3. The van der Waals surface area contributed by atoms with E-state index in [1.54, 1.807) is 0 Å². The molecule has 22 heavy (non-hydrogen) atoms. The predicted octanol–water partition coefficient (Wildman–Crippen LogP) is 2.31. The number of ether oxygens (including phenoxy) is 1. The maximum absolute atomic E-state index is 11.2. The molecule has 0 aromatic carbocycles. The van der Waals surface area contributed by atoms with Gasteiger partial charge in [-0.3, -0.25) is 0 Å². The van der Waals surface area contributed by atoms with Gasteiger partial charge in [0.05, 0.1) is 6.61 Å². The lowest BCUT2D eigenvalue weighted by Crippen LogP contribution is -2.37. The Morgan fingerprint density at radius 3 is 1.95 bits per heavy atom. The fourth-order valence-corrected chi connectivity index (χ4v) is 2.12. The molecule has 0 bridgehead atoms. The summed E-state index contributed by atoms with van der Waals surface area (Å²) in [6.07, 6.45) is 8.27. The van der Waals surface area contributed by atoms with E-state index in [2.05, 4.69) is 17.0 Å². The molecule has 0 spiro atoms. The Balaban J connectivity index is 3.30. The smallest absolute Gasteiger partial charge is 0.409 e. The van der Waals surface area contributed by atoms with Crippen LogP contribution in [0.5, 0.6) is 0 Å². The first-order valence-electron chi connectivity index (χ1n) is 8.53. The Bertz CT molecular complexity index is 263. The number of aliphatic hydroxyl groups is 3. The molecule has 0 saturated heterocycles. The Kier molecular flexibility index (Phi) is 14.5. The van der Waals surface area contributed by atoms with Crippen LogP contribution in [0.3, 0.4) is 0 Å². The number of hydrogen-bond acceptors (Lipinski definition) is 5. The van der Waals surface area contributed by atoms with Crippen LogP contribution in [0.15, 0.2) is 0 Å². The molecule has 6 nitrogen and oxygen atoms in total. The Morgan fingerprint density at radius 1 is 0.955 bits per heavy atom. The summed E-state index contributed by atoms with van der Waals surface area (Å²) in [7, 11) is 0. The van der Waals surface area contributed by atoms with Crippen LogP contribution in [-0.2, 0) is 4.74 Å². The van der Waals surface area contributed by atoms with E-state index < -0.39 is 25.1 Å². The van der Waals surface area contributed by atoms with Crippen molar-refractivity contribution in [2.75, 3.05) is 13.2 Å². The van der Waals surface area contributed by atoms with Gasteiger partial charge in [-0.25, -0.2) is 4.79 Å². The van der Waals surface area contributed by atoms with Crippen molar-refractivity contribution in [3.8, 4) is 0 Å². The first kappa shape index (κ1) is 21.1. The van der Waals surface area contributed by atoms with Gasteiger partial charge in [-0.1, -0.05) is 64.7 Å². The number of carbonyl (C=O) groups excluding carboxylic acids is 1. The van der Waals surface area contributed by atoms with Crippen LogP contribution < -0.4 is 5.32 Å². The lowest BCUT2D eigenvalue weighted by Gasteiger charge is -2.16. The molecular weight excluding hydrogens is 286 g/mol. The fraction of sp³-hybridized carbons (Fsp3) is 0.938. The second-order valence-corrected chi connectivity index (χ2v) is 5.65. The van der Waals surface area contributed by atoms with Gasteiger partial charge in [-0.05, 0) is 6.42 Å². The van der Waals surface area contributed by atoms with Gasteiger partial charge >= 0.3 is 6.09 Å². The van der Waals surface area contributed by atoms with Gasteiger partial charge in [0.1, 0.15) is 6.10 Å². The van der Waals surface area contributed by atoms with Gasteiger partial charge in [0.25, 0.3) is 0 Å². The molecular formula is C16H33NO5. The summed E-state index contributed by atoms with van der Waals surface area (Å²) < 4.78 is 4.49. The number of nitrogens with one attached hydrogen (secondary N) is 1. The maximum Gasteiger partial charge on any atom is 0.409 e. The van der Waals surface area contributed by atoms with Gasteiger partial charge < -0.3 is 25.4 Å². The third-order valence-corrected chi connectivity index (χ3v) is 3.54. The summed E-state index contributed by atoms with van der Waals surface area (Å²) in [5.74, 6) is 0. The molecule has 0 saturated carbocycles. The maximum atomic E-state index is 11.2. The van der Waals surface area contributed by atoms with Gasteiger partial charge in [0, 0.05) is 6.54 Å². The fourth-order valence-electron chi connectivity index (χ4n) is 2.12. The molecule has 132 valence electrons. The molecule has 2 atom stereocenters. The van der Waals surface area contributed by atoms with Gasteiger partial charge in [0.15, 0.2) is 0 Å². The predicted molar refractivity (Wildman–Crippen MR) is 85.4 cm³/mol. The average molecular weight is 319 g/mol. The third kappa shape index (κ3) is 12.9. The van der Waals surface area contributed by atoms with Crippen LogP contribution in [0.4, 0.5) is 4.79 Å². The minimum atomic E-state index is -1.70. The van der Waals surface area contributed by atoms with Crippen molar-refractivity contribution in [2.45, 2.75) is 83.5 Å². The van der Waals surface area contributed by atoms with Crippen molar-refractivity contribution < 1.29 is 24.9 Å². The van der Waals surface area contributed by atoms with Gasteiger partial charge in [-0.15, -0.1) is 0 Å². The van der Waals surface area contributed by atoms with Crippen molar-refractivity contribution in [2.24, 2.45) is 0 Å². The number of aliphatic hydroxyl groups excluding tert-OH is 3. The third-order valence-electron chi connectivity index (χ3n) is 3.54. The van der Waals surface area contributed by atoms with Crippen molar-refractivity contribution >= 4 is 6.09 Å². The van der Waals surface area contributed by atoms with E-state index in [1.165, 1.54) is 44.9 Å². The normalized spacial score (nSPS) is 13.6. The first-order chi connectivity index (χ1) is 10.6. The summed E-state index contributed by atoms with van der Waals surface area (Å²) in [5.41, 5.74) is 0. The number of rotatable bonds is 14. The van der Waals surface area contributed by atoms with E-state index in [0.717, 1.165) is 19.3 Å². The molecule has 0 aromatic heterocycles. The number of carbonyl (C=O) groups is 1. The molecule has 1 amide bonds. The molecule has 0 fully saturated rings. The van der Waals surface area contributed by atoms with E-state index in [9.17, 15) is 9.90 Å². The molecule has 0 heterocycles. The summed E-state index contributed by atoms with van der Waals surface area (Å²) in [6.45, 7) is 2.05. The zero-order chi connectivity index (χ0) is 16.6. The van der Waals surface area contributed by atoms with Crippen molar-refractivity contribution in [3.05, 3.63) is 0 Å². The Morgan fingerprint density at radius 2 is 1.45 bits per heavy atom. The summed E-state index contributed by atoms with van der Waals surface area (Å²) in [4.78, 5) is 11.2. The van der Waals surface area contributed by atoms with E-state index in [0.29, 0.717) is 6.54 Å².